The lowest BCUT2D eigenvalue weighted by Gasteiger charge is -2.09. The van der Waals surface area contributed by atoms with Gasteiger partial charge in [-0.3, -0.25) is 4.79 Å². The van der Waals surface area contributed by atoms with Crippen LogP contribution in [0.25, 0.3) is 0 Å². The van der Waals surface area contributed by atoms with E-state index in [-0.39, 0.29) is 11.7 Å². The fourth-order valence-electron chi connectivity index (χ4n) is 2.39. The maximum absolute atomic E-state index is 12.9. The Morgan fingerprint density at radius 3 is 2.50 bits per heavy atom. The lowest BCUT2D eigenvalue weighted by atomic mass is 10.1. The summed E-state index contributed by atoms with van der Waals surface area (Å²) in [6.45, 7) is 0.678. The Kier molecular flexibility index (Phi) is 5.81. The van der Waals surface area contributed by atoms with E-state index in [4.69, 9.17) is 11.6 Å². The predicted octanol–water partition coefficient (Wildman–Crippen LogP) is 4.78. The summed E-state index contributed by atoms with van der Waals surface area (Å²) >= 11 is 5.87. The maximum atomic E-state index is 12.9. The number of benzene rings is 2. The number of hydrogen-bond acceptors (Lipinski definition) is 3. The van der Waals surface area contributed by atoms with Crippen molar-refractivity contribution >= 4 is 29.0 Å². The molecule has 0 atom stereocenters. The van der Waals surface area contributed by atoms with Crippen LogP contribution >= 0.6 is 11.6 Å². The van der Waals surface area contributed by atoms with E-state index < -0.39 is 0 Å². The van der Waals surface area contributed by atoms with Crippen LogP contribution in [-0.2, 0) is 6.42 Å². The van der Waals surface area contributed by atoms with Crippen molar-refractivity contribution in [1.82, 2.24) is 4.98 Å². The van der Waals surface area contributed by atoms with E-state index in [9.17, 15) is 9.18 Å². The molecule has 0 aliphatic rings. The third-order valence-electron chi connectivity index (χ3n) is 3.76. The van der Waals surface area contributed by atoms with Gasteiger partial charge in [0.2, 0.25) is 0 Å². The highest BCUT2D eigenvalue weighted by molar-refractivity contribution is 6.30. The van der Waals surface area contributed by atoms with Crippen molar-refractivity contribution in [3.63, 3.8) is 0 Å². The zero-order chi connectivity index (χ0) is 18.4. The number of carbonyl (C=O) groups excluding carboxylic acids is 1. The standard InChI is InChI=1S/C20H17ClFN3O/c21-16-3-1-14(2-4-16)9-11-23-19-13-15(10-12-24-19)20(26)25-18-7-5-17(22)6-8-18/h1-8,10,12-13H,9,11H2,(H,23,24)(H,25,26). The molecule has 0 spiro atoms. The fraction of sp³-hybridized carbons (Fsp3) is 0.100. The Bertz CT molecular complexity index is 882. The van der Waals surface area contributed by atoms with Crippen molar-refractivity contribution in [3.05, 3.63) is 88.8 Å². The number of anilines is 2. The summed E-state index contributed by atoms with van der Waals surface area (Å²) in [6, 6.07) is 16.6. The van der Waals surface area contributed by atoms with Crippen molar-refractivity contribution in [2.24, 2.45) is 0 Å². The van der Waals surface area contributed by atoms with Gasteiger partial charge in [-0.05, 0) is 60.5 Å². The van der Waals surface area contributed by atoms with Gasteiger partial charge < -0.3 is 10.6 Å². The summed E-state index contributed by atoms with van der Waals surface area (Å²) in [7, 11) is 0. The first-order chi connectivity index (χ1) is 12.6. The summed E-state index contributed by atoms with van der Waals surface area (Å²) in [5.74, 6) is -0.00966. The van der Waals surface area contributed by atoms with Crippen molar-refractivity contribution in [2.75, 3.05) is 17.2 Å². The molecule has 132 valence electrons. The topological polar surface area (TPSA) is 54.0 Å². The zero-order valence-corrected chi connectivity index (χ0v) is 14.6. The molecule has 26 heavy (non-hydrogen) atoms. The van der Waals surface area contributed by atoms with Gasteiger partial charge in [-0.25, -0.2) is 9.37 Å². The minimum absolute atomic E-state index is 0.278. The van der Waals surface area contributed by atoms with Gasteiger partial charge in [0.25, 0.3) is 5.91 Å². The molecule has 6 heteroatoms. The number of hydrogen-bond donors (Lipinski definition) is 2. The Hall–Kier alpha value is -2.92. The van der Waals surface area contributed by atoms with E-state index in [1.807, 2.05) is 24.3 Å². The van der Waals surface area contributed by atoms with E-state index in [1.54, 1.807) is 18.3 Å². The van der Waals surface area contributed by atoms with Crippen LogP contribution < -0.4 is 10.6 Å². The Labute approximate surface area is 156 Å². The number of carbonyl (C=O) groups is 1. The molecule has 1 aromatic heterocycles. The largest absolute Gasteiger partial charge is 0.370 e. The summed E-state index contributed by atoms with van der Waals surface area (Å²) in [5.41, 5.74) is 2.16. The van der Waals surface area contributed by atoms with Crippen LogP contribution in [0.3, 0.4) is 0 Å². The number of halogens is 2. The molecule has 4 nitrogen and oxygen atoms in total. The second-order valence-electron chi connectivity index (χ2n) is 5.69. The second kappa shape index (κ2) is 8.45. The molecule has 2 aromatic carbocycles. The quantitative estimate of drug-likeness (QED) is 0.657. The molecule has 0 saturated heterocycles. The third-order valence-corrected chi connectivity index (χ3v) is 4.01. The molecule has 1 amide bonds. The van der Waals surface area contributed by atoms with Crippen molar-refractivity contribution in [2.45, 2.75) is 6.42 Å². The van der Waals surface area contributed by atoms with E-state index in [0.717, 1.165) is 12.0 Å². The van der Waals surface area contributed by atoms with Crippen LogP contribution in [0.1, 0.15) is 15.9 Å². The average Bonchev–Trinajstić information content (AvgIpc) is 2.65. The molecule has 0 saturated carbocycles. The van der Waals surface area contributed by atoms with Gasteiger partial charge in [-0.15, -0.1) is 0 Å². The van der Waals surface area contributed by atoms with E-state index in [0.29, 0.717) is 28.6 Å². The number of pyridine rings is 1. The molecule has 2 N–H and O–H groups in total. The highest BCUT2D eigenvalue weighted by atomic mass is 35.5. The molecule has 0 unspecified atom stereocenters. The SMILES string of the molecule is O=C(Nc1ccc(F)cc1)c1ccnc(NCCc2ccc(Cl)cc2)c1. The van der Waals surface area contributed by atoms with Crippen LogP contribution in [-0.4, -0.2) is 17.4 Å². The molecule has 3 rings (SSSR count). The van der Waals surface area contributed by atoms with Gasteiger partial charge in [0.1, 0.15) is 11.6 Å². The van der Waals surface area contributed by atoms with Crippen molar-refractivity contribution in [1.29, 1.82) is 0 Å². The monoisotopic (exact) mass is 369 g/mol. The molecule has 0 fully saturated rings. The number of nitrogens with one attached hydrogen (secondary N) is 2. The van der Waals surface area contributed by atoms with Crippen LogP contribution in [0.2, 0.25) is 5.02 Å². The summed E-state index contributed by atoms with van der Waals surface area (Å²) in [4.78, 5) is 16.5. The van der Waals surface area contributed by atoms with Gasteiger partial charge in [-0.2, -0.15) is 0 Å². The normalized spacial score (nSPS) is 10.4. The molecular formula is C20H17ClFN3O. The molecule has 0 radical (unpaired) electrons. The summed E-state index contributed by atoms with van der Waals surface area (Å²) in [6.07, 6.45) is 2.38. The lowest BCUT2D eigenvalue weighted by Crippen LogP contribution is -2.13. The van der Waals surface area contributed by atoms with Gasteiger partial charge in [0, 0.05) is 29.0 Å². The van der Waals surface area contributed by atoms with Gasteiger partial charge >= 0.3 is 0 Å². The van der Waals surface area contributed by atoms with Crippen molar-refractivity contribution in [3.8, 4) is 0 Å². The number of nitrogens with zero attached hydrogens (tertiary/aromatic N) is 1. The Morgan fingerprint density at radius 1 is 1.04 bits per heavy atom. The van der Waals surface area contributed by atoms with Crippen LogP contribution in [0, 0.1) is 5.82 Å². The van der Waals surface area contributed by atoms with Gasteiger partial charge in [0.15, 0.2) is 0 Å². The van der Waals surface area contributed by atoms with Crippen LogP contribution in [0.5, 0.6) is 0 Å². The maximum Gasteiger partial charge on any atom is 0.255 e. The molecule has 0 bridgehead atoms. The first-order valence-electron chi connectivity index (χ1n) is 8.11. The zero-order valence-electron chi connectivity index (χ0n) is 13.9. The third kappa shape index (κ3) is 5.04. The molecule has 3 aromatic rings. The summed E-state index contributed by atoms with van der Waals surface area (Å²) in [5, 5.41) is 6.64. The minimum atomic E-state index is -0.348. The first-order valence-corrected chi connectivity index (χ1v) is 8.49. The lowest BCUT2D eigenvalue weighted by molar-refractivity contribution is 0.102. The smallest absolute Gasteiger partial charge is 0.255 e. The van der Waals surface area contributed by atoms with E-state index >= 15 is 0 Å². The Morgan fingerprint density at radius 2 is 1.77 bits per heavy atom. The average molecular weight is 370 g/mol. The second-order valence-corrected chi connectivity index (χ2v) is 6.13. The van der Waals surface area contributed by atoms with Gasteiger partial charge in [0.05, 0.1) is 0 Å². The Balaban J connectivity index is 1.57. The molecule has 0 aliphatic heterocycles. The molecule has 1 heterocycles. The highest BCUT2D eigenvalue weighted by Crippen LogP contribution is 2.13. The van der Waals surface area contributed by atoms with Crippen molar-refractivity contribution < 1.29 is 9.18 Å². The van der Waals surface area contributed by atoms with E-state index in [2.05, 4.69) is 15.6 Å². The summed E-state index contributed by atoms with van der Waals surface area (Å²) < 4.78 is 12.9. The minimum Gasteiger partial charge on any atom is -0.370 e. The molecule has 0 aliphatic carbocycles. The first kappa shape index (κ1) is 17.9. The number of amides is 1. The van der Waals surface area contributed by atoms with Gasteiger partial charge in [-0.1, -0.05) is 23.7 Å². The number of rotatable bonds is 6. The highest BCUT2D eigenvalue weighted by Gasteiger charge is 2.07. The number of aromatic nitrogens is 1. The van der Waals surface area contributed by atoms with E-state index in [1.165, 1.54) is 24.3 Å². The predicted molar refractivity (Wildman–Crippen MR) is 102 cm³/mol. The van der Waals surface area contributed by atoms with Crippen LogP contribution in [0.15, 0.2) is 66.9 Å². The molecular weight excluding hydrogens is 353 g/mol. The fourth-order valence-corrected chi connectivity index (χ4v) is 2.52. The van der Waals surface area contributed by atoms with Crippen LogP contribution in [0.4, 0.5) is 15.9 Å².